The molecule has 6 heteroatoms. The van der Waals surface area contributed by atoms with Crippen LogP contribution in [0, 0.1) is 0 Å². The predicted molar refractivity (Wildman–Crippen MR) is 74.0 cm³/mol. The maximum Gasteiger partial charge on any atom is 0.328 e. The molecule has 3 N–H and O–H groups in total. The maximum absolute atomic E-state index is 12.2. The summed E-state index contributed by atoms with van der Waals surface area (Å²) in [5.74, 6) is 0.521. The Bertz CT molecular complexity index is 684. The van der Waals surface area contributed by atoms with Gasteiger partial charge in [0.15, 0.2) is 0 Å². The number of pyridine rings is 1. The van der Waals surface area contributed by atoms with E-state index in [0.29, 0.717) is 18.1 Å². The second-order valence-electron chi connectivity index (χ2n) is 4.05. The van der Waals surface area contributed by atoms with Crippen molar-refractivity contribution in [3.05, 3.63) is 48.7 Å². The van der Waals surface area contributed by atoms with Gasteiger partial charge in [0.2, 0.25) is 0 Å². The molecule has 0 unspecified atom stereocenters. The molecule has 0 spiro atoms. The van der Waals surface area contributed by atoms with E-state index in [9.17, 15) is 8.42 Å². The highest BCUT2D eigenvalue weighted by atomic mass is 32.2. The summed E-state index contributed by atoms with van der Waals surface area (Å²) in [5.41, 5.74) is 6.02. The van der Waals surface area contributed by atoms with Crippen LogP contribution < -0.4 is 15.0 Å². The first-order valence-electron chi connectivity index (χ1n) is 5.90. The van der Waals surface area contributed by atoms with Crippen molar-refractivity contribution in [1.82, 2.24) is 0 Å². The molecule has 0 aliphatic heterocycles. The molecule has 0 saturated heterocycles. The number of hydrogen-bond acceptors (Lipinski definition) is 3. The van der Waals surface area contributed by atoms with E-state index in [1.54, 1.807) is 24.3 Å². The number of aromatic nitrogens is 1. The van der Waals surface area contributed by atoms with Gasteiger partial charge in [-0.1, -0.05) is 12.1 Å². The van der Waals surface area contributed by atoms with Crippen molar-refractivity contribution in [1.29, 1.82) is 0 Å². The van der Waals surface area contributed by atoms with Gasteiger partial charge in [-0.3, -0.25) is 0 Å². The number of nitrogens with one attached hydrogen (secondary N) is 1. The van der Waals surface area contributed by atoms with Gasteiger partial charge in [-0.25, -0.2) is 4.57 Å². The fourth-order valence-electron chi connectivity index (χ4n) is 1.72. The van der Waals surface area contributed by atoms with Gasteiger partial charge < -0.3 is 5.73 Å². The number of sulfonamides is 1. The minimum atomic E-state index is -3.62. The highest BCUT2D eigenvalue weighted by Crippen LogP contribution is 2.15. The number of nitrogens with two attached hydrogens (primary N) is 1. The largest absolute Gasteiger partial charge is 0.399 e. The lowest BCUT2D eigenvalue weighted by Crippen LogP contribution is -2.36. The number of nitrogens with zero attached hydrogens (tertiary/aromatic N) is 1. The minimum Gasteiger partial charge on any atom is -0.399 e. The fraction of sp³-hybridized carbons (Fsp3) is 0.154. The van der Waals surface area contributed by atoms with Crippen LogP contribution in [0.2, 0.25) is 0 Å². The number of rotatable bonds is 4. The molecule has 5 nitrogen and oxygen atoms in total. The molecule has 19 heavy (non-hydrogen) atoms. The van der Waals surface area contributed by atoms with E-state index in [0.717, 1.165) is 0 Å². The molecule has 0 amide bonds. The summed E-state index contributed by atoms with van der Waals surface area (Å²) < 4.78 is 28.9. The number of hydrogen-bond donors (Lipinski definition) is 2. The van der Waals surface area contributed by atoms with Crippen molar-refractivity contribution in [2.45, 2.75) is 18.4 Å². The molecule has 0 saturated carbocycles. The Morgan fingerprint density at radius 1 is 1.21 bits per heavy atom. The lowest BCUT2D eigenvalue weighted by molar-refractivity contribution is -0.679. The van der Waals surface area contributed by atoms with Crippen LogP contribution in [0.15, 0.2) is 53.6 Å². The van der Waals surface area contributed by atoms with Gasteiger partial charge in [-0.05, 0) is 31.2 Å². The van der Waals surface area contributed by atoms with Crippen LogP contribution in [0.3, 0.4) is 0 Å². The van der Waals surface area contributed by atoms with Crippen LogP contribution in [-0.2, 0) is 16.6 Å². The lowest BCUT2D eigenvalue weighted by Gasteiger charge is -2.06. The van der Waals surface area contributed by atoms with E-state index in [1.807, 2.05) is 23.8 Å². The monoisotopic (exact) mass is 278 g/mol. The molecule has 2 aromatic rings. The highest BCUT2D eigenvalue weighted by molar-refractivity contribution is 7.92. The first kappa shape index (κ1) is 13.4. The number of anilines is 2. The zero-order valence-corrected chi connectivity index (χ0v) is 11.4. The first-order valence-corrected chi connectivity index (χ1v) is 7.38. The smallest absolute Gasteiger partial charge is 0.328 e. The molecule has 1 aromatic carbocycles. The summed E-state index contributed by atoms with van der Waals surface area (Å²) in [6.07, 6.45) is 1.82. The van der Waals surface area contributed by atoms with Crippen LogP contribution in [0.1, 0.15) is 6.92 Å². The molecule has 1 heterocycles. The van der Waals surface area contributed by atoms with Crippen molar-refractivity contribution in [3.63, 3.8) is 0 Å². The Labute approximate surface area is 112 Å². The second-order valence-corrected chi connectivity index (χ2v) is 5.73. The minimum absolute atomic E-state index is 0.152. The van der Waals surface area contributed by atoms with Gasteiger partial charge in [-0.15, -0.1) is 0 Å². The van der Waals surface area contributed by atoms with Crippen LogP contribution in [0.25, 0.3) is 0 Å². The van der Waals surface area contributed by atoms with Crippen LogP contribution >= 0.6 is 0 Å². The van der Waals surface area contributed by atoms with Crippen LogP contribution in [0.4, 0.5) is 11.5 Å². The lowest BCUT2D eigenvalue weighted by atomic mass is 10.3. The molecule has 0 radical (unpaired) electrons. The van der Waals surface area contributed by atoms with Gasteiger partial charge >= 0.3 is 10.0 Å². The molecule has 0 bridgehead atoms. The van der Waals surface area contributed by atoms with Gasteiger partial charge in [0.05, 0.1) is 12.7 Å². The fourth-order valence-corrected chi connectivity index (χ4v) is 2.85. The summed E-state index contributed by atoms with van der Waals surface area (Å²) in [5, 5.41) is 0. The van der Waals surface area contributed by atoms with Gasteiger partial charge in [0.1, 0.15) is 4.90 Å². The number of aryl methyl sites for hydroxylation is 1. The van der Waals surface area contributed by atoms with E-state index >= 15 is 0 Å². The molecule has 0 aliphatic carbocycles. The summed E-state index contributed by atoms with van der Waals surface area (Å²) >= 11 is 0. The quantitative estimate of drug-likeness (QED) is 0.655. The van der Waals surface area contributed by atoms with Crippen molar-refractivity contribution in [2.24, 2.45) is 0 Å². The Morgan fingerprint density at radius 3 is 2.68 bits per heavy atom. The molecule has 0 atom stereocenters. The second kappa shape index (κ2) is 5.27. The molecule has 0 aliphatic rings. The third-order valence-corrected chi connectivity index (χ3v) is 4.04. The highest BCUT2D eigenvalue weighted by Gasteiger charge is 2.21. The van der Waals surface area contributed by atoms with Crippen molar-refractivity contribution < 1.29 is 13.0 Å². The first-order chi connectivity index (χ1) is 9.03. The summed E-state index contributed by atoms with van der Waals surface area (Å²) in [7, 11) is -3.62. The van der Waals surface area contributed by atoms with E-state index in [1.165, 1.54) is 12.1 Å². The number of benzene rings is 1. The Kier molecular flexibility index (Phi) is 3.71. The van der Waals surface area contributed by atoms with Crippen molar-refractivity contribution in [3.8, 4) is 0 Å². The molecule has 100 valence electrons. The molecule has 0 fully saturated rings. The van der Waals surface area contributed by atoms with Crippen molar-refractivity contribution >= 4 is 21.5 Å². The van der Waals surface area contributed by atoms with Crippen LogP contribution in [0.5, 0.6) is 0 Å². The SMILES string of the molecule is CC[n+]1ccccc1NS(=O)(=O)c1cccc(N)c1. The third kappa shape index (κ3) is 3.03. The summed E-state index contributed by atoms with van der Waals surface area (Å²) in [4.78, 5) is 0.152. The summed E-state index contributed by atoms with van der Waals surface area (Å²) in [6, 6.07) is 11.6. The van der Waals surface area contributed by atoms with E-state index < -0.39 is 10.0 Å². The average Bonchev–Trinajstić information content (AvgIpc) is 2.39. The Balaban J connectivity index is 2.37. The van der Waals surface area contributed by atoms with Gasteiger partial charge in [0, 0.05) is 11.8 Å². The Morgan fingerprint density at radius 2 is 2.00 bits per heavy atom. The van der Waals surface area contributed by atoms with Crippen LogP contribution in [-0.4, -0.2) is 8.42 Å². The molecule has 2 rings (SSSR count). The maximum atomic E-state index is 12.2. The summed E-state index contributed by atoms with van der Waals surface area (Å²) in [6.45, 7) is 2.62. The Hall–Kier alpha value is -2.08. The van der Waals surface area contributed by atoms with Gasteiger partial charge in [0.25, 0.3) is 5.82 Å². The van der Waals surface area contributed by atoms with E-state index in [-0.39, 0.29) is 4.90 Å². The topological polar surface area (TPSA) is 76.1 Å². The zero-order chi connectivity index (χ0) is 13.9. The normalized spacial score (nSPS) is 11.2. The standard InChI is InChI=1S/C13H15N3O2S/c1-2-16-9-4-3-8-13(16)15-19(17,18)12-7-5-6-11(14)10-12/h3-10H,2,14H2,1H3/p+1. The van der Waals surface area contributed by atoms with Crippen molar-refractivity contribution in [2.75, 3.05) is 10.5 Å². The number of nitrogen functional groups attached to an aromatic ring is 1. The molecular weight excluding hydrogens is 262 g/mol. The predicted octanol–water partition coefficient (Wildman–Crippen LogP) is 1.38. The van der Waals surface area contributed by atoms with Gasteiger partial charge in [-0.2, -0.15) is 13.1 Å². The van der Waals surface area contributed by atoms with E-state index in [4.69, 9.17) is 5.73 Å². The molecule has 1 aromatic heterocycles. The average molecular weight is 278 g/mol. The molecular formula is C13H16N3O2S+. The third-order valence-electron chi connectivity index (χ3n) is 2.69. The zero-order valence-electron chi connectivity index (χ0n) is 10.6. The van der Waals surface area contributed by atoms with E-state index in [2.05, 4.69) is 4.72 Å².